The summed E-state index contributed by atoms with van der Waals surface area (Å²) in [4.78, 5) is 23.6. The summed E-state index contributed by atoms with van der Waals surface area (Å²) in [5.41, 5.74) is 1.53. The molecule has 5 nitrogen and oxygen atoms in total. The minimum Gasteiger partial charge on any atom is -0.394 e. The first-order chi connectivity index (χ1) is 10.2. The molecule has 0 aromatic heterocycles. The van der Waals surface area contributed by atoms with Crippen molar-refractivity contribution in [2.24, 2.45) is 5.41 Å². The summed E-state index contributed by atoms with van der Waals surface area (Å²) < 4.78 is 0. The number of benzene rings is 1. The van der Waals surface area contributed by atoms with Gasteiger partial charge in [0, 0.05) is 18.2 Å². The minimum absolute atomic E-state index is 0.0187. The molecule has 0 bridgehead atoms. The number of anilines is 1. The lowest BCUT2D eigenvalue weighted by atomic mass is 9.92. The second kappa shape index (κ2) is 7.94. The van der Waals surface area contributed by atoms with Crippen LogP contribution in [0.4, 0.5) is 5.69 Å². The number of carbonyl (C=O) groups is 2. The number of aliphatic hydroxyl groups excluding tert-OH is 1. The molecule has 1 unspecified atom stereocenters. The third-order valence-corrected chi connectivity index (χ3v) is 2.97. The molecule has 0 fully saturated rings. The zero-order valence-electron chi connectivity index (χ0n) is 13.8. The lowest BCUT2D eigenvalue weighted by molar-refractivity contribution is -0.121. The van der Waals surface area contributed by atoms with Crippen molar-refractivity contribution in [3.8, 4) is 0 Å². The quantitative estimate of drug-likeness (QED) is 0.753. The number of rotatable bonds is 6. The molecule has 0 radical (unpaired) electrons. The molecule has 22 heavy (non-hydrogen) atoms. The first-order valence-electron chi connectivity index (χ1n) is 7.48. The van der Waals surface area contributed by atoms with Crippen LogP contribution in [-0.4, -0.2) is 29.6 Å². The van der Waals surface area contributed by atoms with Gasteiger partial charge in [-0.05, 0) is 30.0 Å². The van der Waals surface area contributed by atoms with Crippen molar-refractivity contribution in [1.82, 2.24) is 5.32 Å². The van der Waals surface area contributed by atoms with E-state index in [0.29, 0.717) is 6.42 Å². The van der Waals surface area contributed by atoms with Crippen molar-refractivity contribution in [2.45, 2.75) is 46.6 Å². The van der Waals surface area contributed by atoms with Gasteiger partial charge in [0.2, 0.25) is 11.8 Å². The molecule has 1 rings (SSSR count). The maximum Gasteiger partial charge on any atom is 0.224 e. The number of aliphatic hydroxyl groups is 1. The van der Waals surface area contributed by atoms with Gasteiger partial charge >= 0.3 is 0 Å². The van der Waals surface area contributed by atoms with Crippen LogP contribution in [0.15, 0.2) is 24.3 Å². The monoisotopic (exact) mass is 306 g/mol. The van der Waals surface area contributed by atoms with E-state index in [4.69, 9.17) is 5.11 Å². The van der Waals surface area contributed by atoms with Crippen molar-refractivity contribution >= 4 is 17.5 Å². The molecule has 0 heterocycles. The Hall–Kier alpha value is -1.88. The zero-order chi connectivity index (χ0) is 16.8. The predicted molar refractivity (Wildman–Crippen MR) is 87.5 cm³/mol. The summed E-state index contributed by atoms with van der Waals surface area (Å²) in [6, 6.07) is 6.96. The Morgan fingerprint density at radius 2 is 1.73 bits per heavy atom. The van der Waals surface area contributed by atoms with Crippen LogP contribution in [0.1, 0.15) is 39.7 Å². The smallest absolute Gasteiger partial charge is 0.224 e. The molecular formula is C17H26N2O3. The first-order valence-corrected chi connectivity index (χ1v) is 7.48. The van der Waals surface area contributed by atoms with Crippen LogP contribution >= 0.6 is 0 Å². The number of amides is 2. The molecule has 0 aliphatic rings. The molecule has 0 saturated carbocycles. The van der Waals surface area contributed by atoms with E-state index in [-0.39, 0.29) is 36.3 Å². The first kappa shape index (κ1) is 18.2. The van der Waals surface area contributed by atoms with E-state index in [9.17, 15) is 9.59 Å². The summed E-state index contributed by atoms with van der Waals surface area (Å²) in [5.74, 6) is -0.152. The van der Waals surface area contributed by atoms with Crippen LogP contribution in [0.5, 0.6) is 0 Å². The van der Waals surface area contributed by atoms with Crippen LogP contribution in [0.25, 0.3) is 0 Å². The maximum atomic E-state index is 11.8. The van der Waals surface area contributed by atoms with Gasteiger partial charge in [0.15, 0.2) is 0 Å². The standard InChI is InChI=1S/C17H26N2O3/c1-12(11-20)18-15(21)9-13-5-7-14(8-6-13)19-16(22)10-17(2,3)4/h5-8,12,20H,9-11H2,1-4H3,(H,18,21)(H,19,22). The third kappa shape index (κ3) is 7.22. The highest BCUT2D eigenvalue weighted by Gasteiger charge is 2.16. The average Bonchev–Trinajstić information content (AvgIpc) is 2.38. The van der Waals surface area contributed by atoms with Crippen LogP contribution in [-0.2, 0) is 16.0 Å². The van der Waals surface area contributed by atoms with Crippen molar-refractivity contribution in [2.75, 3.05) is 11.9 Å². The van der Waals surface area contributed by atoms with E-state index >= 15 is 0 Å². The molecule has 0 aliphatic heterocycles. The fourth-order valence-corrected chi connectivity index (χ4v) is 1.95. The molecule has 0 aliphatic carbocycles. The molecule has 2 amide bonds. The Morgan fingerprint density at radius 1 is 1.14 bits per heavy atom. The van der Waals surface area contributed by atoms with E-state index in [1.807, 2.05) is 32.9 Å². The van der Waals surface area contributed by atoms with Crippen molar-refractivity contribution < 1.29 is 14.7 Å². The zero-order valence-corrected chi connectivity index (χ0v) is 13.8. The van der Waals surface area contributed by atoms with E-state index in [2.05, 4.69) is 10.6 Å². The number of nitrogens with one attached hydrogen (secondary N) is 2. The van der Waals surface area contributed by atoms with E-state index in [1.165, 1.54) is 0 Å². The Morgan fingerprint density at radius 3 is 2.23 bits per heavy atom. The topological polar surface area (TPSA) is 78.4 Å². The van der Waals surface area contributed by atoms with Crippen molar-refractivity contribution in [3.05, 3.63) is 29.8 Å². The molecule has 1 aromatic carbocycles. The summed E-state index contributed by atoms with van der Waals surface area (Å²) in [7, 11) is 0. The normalized spacial score (nSPS) is 12.6. The van der Waals surface area contributed by atoms with E-state index in [0.717, 1.165) is 11.3 Å². The van der Waals surface area contributed by atoms with Gasteiger partial charge in [-0.3, -0.25) is 9.59 Å². The Bertz CT molecular complexity index is 504. The maximum absolute atomic E-state index is 11.8. The lowest BCUT2D eigenvalue weighted by Crippen LogP contribution is -2.35. The summed E-state index contributed by atoms with van der Waals surface area (Å²) >= 11 is 0. The fraction of sp³-hybridized carbons (Fsp3) is 0.529. The van der Waals surface area contributed by atoms with Crippen LogP contribution in [0.3, 0.4) is 0 Å². The molecule has 0 spiro atoms. The largest absolute Gasteiger partial charge is 0.394 e. The summed E-state index contributed by atoms with van der Waals surface area (Å²) in [6.07, 6.45) is 0.705. The number of carbonyl (C=O) groups excluding carboxylic acids is 2. The highest BCUT2D eigenvalue weighted by atomic mass is 16.3. The Kier molecular flexibility index (Phi) is 6.56. The van der Waals surface area contributed by atoms with Gasteiger partial charge in [0.25, 0.3) is 0 Å². The Balaban J connectivity index is 2.53. The molecule has 3 N–H and O–H groups in total. The minimum atomic E-state index is -0.247. The van der Waals surface area contributed by atoms with Gasteiger partial charge < -0.3 is 15.7 Å². The van der Waals surface area contributed by atoms with Gasteiger partial charge in [-0.25, -0.2) is 0 Å². The second-order valence-corrected chi connectivity index (χ2v) is 6.81. The molecule has 122 valence electrons. The third-order valence-electron chi connectivity index (χ3n) is 2.97. The van der Waals surface area contributed by atoms with Gasteiger partial charge in [-0.1, -0.05) is 32.9 Å². The van der Waals surface area contributed by atoms with Crippen LogP contribution in [0.2, 0.25) is 0 Å². The highest BCUT2D eigenvalue weighted by molar-refractivity contribution is 5.91. The van der Waals surface area contributed by atoms with Gasteiger partial charge in [-0.2, -0.15) is 0 Å². The average molecular weight is 306 g/mol. The van der Waals surface area contributed by atoms with Crippen molar-refractivity contribution in [3.63, 3.8) is 0 Å². The van der Waals surface area contributed by atoms with Crippen LogP contribution < -0.4 is 10.6 Å². The molecule has 0 saturated heterocycles. The van der Waals surface area contributed by atoms with Crippen molar-refractivity contribution in [1.29, 1.82) is 0 Å². The molecule has 1 atom stereocenters. The van der Waals surface area contributed by atoms with Gasteiger partial charge in [0.05, 0.1) is 13.0 Å². The highest BCUT2D eigenvalue weighted by Crippen LogP contribution is 2.19. The summed E-state index contributed by atoms with van der Waals surface area (Å²) in [5, 5.41) is 14.4. The molecule has 5 heteroatoms. The number of hydrogen-bond acceptors (Lipinski definition) is 3. The fourth-order valence-electron chi connectivity index (χ4n) is 1.95. The predicted octanol–water partition coefficient (Wildman–Crippen LogP) is 2.10. The lowest BCUT2D eigenvalue weighted by Gasteiger charge is -2.17. The van der Waals surface area contributed by atoms with Gasteiger partial charge in [-0.15, -0.1) is 0 Å². The Labute approximate surface area is 132 Å². The molecule has 1 aromatic rings. The van der Waals surface area contributed by atoms with Crippen LogP contribution in [0, 0.1) is 5.41 Å². The second-order valence-electron chi connectivity index (χ2n) is 6.81. The molecular weight excluding hydrogens is 280 g/mol. The SMILES string of the molecule is CC(CO)NC(=O)Cc1ccc(NC(=O)CC(C)(C)C)cc1. The van der Waals surface area contributed by atoms with Gasteiger partial charge in [0.1, 0.15) is 0 Å². The van der Waals surface area contributed by atoms with E-state index < -0.39 is 0 Å². The summed E-state index contributed by atoms with van der Waals surface area (Å²) in [6.45, 7) is 7.71. The number of hydrogen-bond donors (Lipinski definition) is 3. The van der Waals surface area contributed by atoms with E-state index in [1.54, 1.807) is 19.1 Å².